The van der Waals surface area contributed by atoms with Crippen LogP contribution in [-0.2, 0) is 4.79 Å². The van der Waals surface area contributed by atoms with E-state index in [0.29, 0.717) is 11.4 Å². The van der Waals surface area contributed by atoms with Gasteiger partial charge < -0.3 is 4.74 Å². The number of anilines is 1. The van der Waals surface area contributed by atoms with Gasteiger partial charge >= 0.3 is 6.03 Å². The largest absolute Gasteiger partial charge is 0.497 e. The van der Waals surface area contributed by atoms with Gasteiger partial charge in [-0.2, -0.15) is 0 Å². The molecule has 1 unspecified atom stereocenters. The minimum absolute atomic E-state index is 0.249. The third kappa shape index (κ3) is 2.05. The van der Waals surface area contributed by atoms with Gasteiger partial charge in [-0.15, -0.1) is 0 Å². The highest BCUT2D eigenvalue weighted by Crippen LogP contribution is 2.37. The monoisotopic (exact) mass is 311 g/mol. The van der Waals surface area contributed by atoms with E-state index in [9.17, 15) is 9.59 Å². The van der Waals surface area contributed by atoms with Gasteiger partial charge in [-0.1, -0.05) is 0 Å². The zero-order valence-corrected chi connectivity index (χ0v) is 12.9. The molecule has 6 nitrogen and oxygen atoms in total. The fourth-order valence-corrected chi connectivity index (χ4v) is 3.38. The molecular formula is C17H17N3O3. The van der Waals surface area contributed by atoms with Gasteiger partial charge in [0.1, 0.15) is 5.75 Å². The molecule has 1 saturated heterocycles. The van der Waals surface area contributed by atoms with Crippen molar-refractivity contribution in [2.24, 2.45) is 4.99 Å². The van der Waals surface area contributed by atoms with E-state index in [1.54, 1.807) is 42.5 Å². The molecule has 23 heavy (non-hydrogen) atoms. The first-order chi connectivity index (χ1) is 11.2. The van der Waals surface area contributed by atoms with E-state index >= 15 is 0 Å². The third-order valence-electron chi connectivity index (χ3n) is 4.55. The van der Waals surface area contributed by atoms with Crippen LogP contribution in [0.4, 0.5) is 10.5 Å². The summed E-state index contributed by atoms with van der Waals surface area (Å²) in [5, 5.41) is 0. The van der Waals surface area contributed by atoms with Crippen LogP contribution >= 0.6 is 0 Å². The highest BCUT2D eigenvalue weighted by atomic mass is 16.5. The maximum absolute atomic E-state index is 12.9. The van der Waals surface area contributed by atoms with Crippen LogP contribution in [0.3, 0.4) is 0 Å². The standard InChI is InChI=1S/C17H17N3O3/c1-23-12-8-6-11(7-9-12)19-16(21)15-10-18-13-4-2-3-5-14(13)20(15)17(19)22/h6-10,15H,2-5H2,1H3. The van der Waals surface area contributed by atoms with Gasteiger partial charge in [0.05, 0.1) is 18.5 Å². The van der Waals surface area contributed by atoms with E-state index in [1.165, 1.54) is 4.90 Å². The van der Waals surface area contributed by atoms with Crippen LogP contribution in [0, 0.1) is 0 Å². The second-order valence-electron chi connectivity index (χ2n) is 5.85. The lowest BCUT2D eigenvalue weighted by atomic mass is 9.98. The van der Waals surface area contributed by atoms with Crippen molar-refractivity contribution in [3.05, 3.63) is 35.7 Å². The van der Waals surface area contributed by atoms with Crippen molar-refractivity contribution in [2.45, 2.75) is 31.7 Å². The lowest BCUT2D eigenvalue weighted by Crippen LogP contribution is -2.39. The van der Waals surface area contributed by atoms with Gasteiger partial charge in [0, 0.05) is 11.9 Å². The van der Waals surface area contributed by atoms with Gasteiger partial charge in [0.2, 0.25) is 0 Å². The smallest absolute Gasteiger partial charge is 0.336 e. The molecule has 3 aliphatic rings. The minimum atomic E-state index is -0.610. The topological polar surface area (TPSA) is 62.2 Å². The fraction of sp³-hybridized carbons (Fsp3) is 0.353. The maximum Gasteiger partial charge on any atom is 0.336 e. The number of amides is 3. The molecular weight excluding hydrogens is 294 g/mol. The van der Waals surface area contributed by atoms with Crippen LogP contribution in [0.1, 0.15) is 25.7 Å². The average Bonchev–Trinajstić information content (AvgIpc) is 2.86. The number of hydrogen-bond donors (Lipinski definition) is 0. The highest BCUT2D eigenvalue weighted by molar-refractivity contribution is 6.27. The second-order valence-corrected chi connectivity index (χ2v) is 5.85. The molecule has 4 rings (SSSR count). The average molecular weight is 311 g/mol. The number of hydrogen-bond acceptors (Lipinski definition) is 4. The number of carbonyl (C=O) groups excluding carboxylic acids is 2. The van der Waals surface area contributed by atoms with Gasteiger partial charge in [-0.05, 0) is 49.9 Å². The zero-order valence-electron chi connectivity index (χ0n) is 12.9. The van der Waals surface area contributed by atoms with E-state index in [-0.39, 0.29) is 11.9 Å². The molecule has 0 N–H and O–H groups in total. The number of urea groups is 1. The number of aliphatic imine (C=N–C) groups is 1. The van der Waals surface area contributed by atoms with E-state index in [4.69, 9.17) is 4.74 Å². The molecule has 0 spiro atoms. The van der Waals surface area contributed by atoms with Crippen molar-refractivity contribution in [1.82, 2.24) is 4.90 Å². The Labute approximate surface area is 134 Å². The predicted octanol–water partition coefficient (Wildman–Crippen LogP) is 2.70. The second kappa shape index (κ2) is 5.22. The number of nitrogens with zero attached hydrogens (tertiary/aromatic N) is 3. The first-order valence-electron chi connectivity index (χ1n) is 7.78. The summed E-state index contributed by atoms with van der Waals surface area (Å²) in [4.78, 5) is 32.8. The van der Waals surface area contributed by atoms with Crippen LogP contribution in [0.2, 0.25) is 0 Å². The number of ether oxygens (including phenoxy) is 1. The summed E-state index contributed by atoms with van der Waals surface area (Å²) in [5.41, 5.74) is 2.42. The third-order valence-corrected chi connectivity index (χ3v) is 4.55. The molecule has 118 valence electrons. The molecule has 2 aliphatic heterocycles. The normalized spacial score (nSPS) is 23.3. The molecule has 3 amide bonds. The van der Waals surface area contributed by atoms with E-state index in [2.05, 4.69) is 4.99 Å². The van der Waals surface area contributed by atoms with E-state index in [0.717, 1.165) is 37.1 Å². The summed E-state index contributed by atoms with van der Waals surface area (Å²) in [6, 6.07) is 6.03. The molecule has 1 aromatic carbocycles. The Kier molecular flexibility index (Phi) is 3.18. The van der Waals surface area contributed by atoms with E-state index in [1.807, 2.05) is 0 Å². The van der Waals surface area contributed by atoms with Crippen molar-refractivity contribution in [1.29, 1.82) is 0 Å². The molecule has 1 aromatic rings. The summed E-state index contributed by atoms with van der Waals surface area (Å²) < 4.78 is 5.12. The summed E-state index contributed by atoms with van der Waals surface area (Å²) in [5.74, 6) is 0.436. The number of carbonyl (C=O) groups is 2. The van der Waals surface area contributed by atoms with Gasteiger partial charge in [0.15, 0.2) is 6.04 Å². The summed E-state index contributed by atoms with van der Waals surface area (Å²) in [6.45, 7) is 0. The quantitative estimate of drug-likeness (QED) is 0.789. The Morgan fingerprint density at radius 2 is 1.87 bits per heavy atom. The molecule has 0 saturated carbocycles. The summed E-state index contributed by atoms with van der Waals surface area (Å²) in [7, 11) is 1.58. The number of imide groups is 1. The Bertz CT molecular complexity index is 736. The summed E-state index contributed by atoms with van der Waals surface area (Å²) in [6.07, 6.45) is 5.40. The Morgan fingerprint density at radius 3 is 2.61 bits per heavy atom. The van der Waals surface area contributed by atoms with Gasteiger partial charge in [0.25, 0.3) is 5.91 Å². The Morgan fingerprint density at radius 1 is 1.13 bits per heavy atom. The highest BCUT2D eigenvalue weighted by Gasteiger charge is 2.48. The number of rotatable bonds is 2. The molecule has 0 radical (unpaired) electrons. The molecule has 2 heterocycles. The SMILES string of the molecule is COc1ccc(N2C(=O)C3C=NC4=C(CCCC4)N3C2=O)cc1. The van der Waals surface area contributed by atoms with Crippen molar-refractivity contribution in [3.8, 4) is 5.75 Å². The van der Waals surface area contributed by atoms with Crippen molar-refractivity contribution in [2.75, 3.05) is 12.0 Å². The molecule has 6 heteroatoms. The number of fused-ring (bicyclic) bond motifs is 2. The van der Waals surface area contributed by atoms with Gasteiger partial charge in [-0.3, -0.25) is 14.7 Å². The first kappa shape index (κ1) is 14.0. The lowest BCUT2D eigenvalue weighted by molar-refractivity contribution is -0.117. The lowest BCUT2D eigenvalue weighted by Gasteiger charge is -2.30. The van der Waals surface area contributed by atoms with Crippen LogP contribution < -0.4 is 9.64 Å². The molecule has 0 aromatic heterocycles. The molecule has 0 bridgehead atoms. The zero-order chi connectivity index (χ0) is 16.0. The number of benzene rings is 1. The first-order valence-corrected chi connectivity index (χ1v) is 7.78. The number of methoxy groups -OCH3 is 1. The Hall–Kier alpha value is -2.63. The van der Waals surface area contributed by atoms with Crippen molar-refractivity contribution < 1.29 is 14.3 Å². The minimum Gasteiger partial charge on any atom is -0.497 e. The molecule has 1 aliphatic carbocycles. The van der Waals surface area contributed by atoms with Gasteiger partial charge in [-0.25, -0.2) is 9.69 Å². The van der Waals surface area contributed by atoms with Crippen LogP contribution in [0.25, 0.3) is 0 Å². The number of allylic oxidation sites excluding steroid dienone is 2. The molecule has 1 fully saturated rings. The maximum atomic E-state index is 12.9. The van der Waals surface area contributed by atoms with Crippen molar-refractivity contribution in [3.63, 3.8) is 0 Å². The predicted molar refractivity (Wildman–Crippen MR) is 85.5 cm³/mol. The molecule has 1 atom stereocenters. The van der Waals surface area contributed by atoms with Crippen molar-refractivity contribution >= 4 is 23.8 Å². The summed E-state index contributed by atoms with van der Waals surface area (Å²) >= 11 is 0. The van der Waals surface area contributed by atoms with Crippen LogP contribution in [-0.4, -0.2) is 36.2 Å². The van der Waals surface area contributed by atoms with E-state index < -0.39 is 6.04 Å². The van der Waals surface area contributed by atoms with Crippen LogP contribution in [0.5, 0.6) is 5.75 Å². The Balaban J connectivity index is 1.71. The fourth-order valence-electron chi connectivity index (χ4n) is 3.38. The van der Waals surface area contributed by atoms with Crippen LogP contribution in [0.15, 0.2) is 40.7 Å².